The van der Waals surface area contributed by atoms with Crippen molar-refractivity contribution in [2.75, 3.05) is 25.4 Å². The second-order valence-electron chi connectivity index (χ2n) is 3.34. The van der Waals surface area contributed by atoms with E-state index in [4.69, 9.17) is 34.0 Å². The fourth-order valence-electron chi connectivity index (χ4n) is 1.23. The zero-order valence-electron chi connectivity index (χ0n) is 8.58. The normalized spacial score (nSPS) is 12.8. The number of aliphatic hydroxyl groups is 2. The number of nitrogens with two attached hydrogens (primary N) is 1. The molecule has 0 spiro atoms. The Labute approximate surface area is 104 Å². The van der Waals surface area contributed by atoms with Gasteiger partial charge in [0.2, 0.25) is 0 Å². The highest BCUT2D eigenvalue weighted by Gasteiger charge is 2.11. The Balaban J connectivity index is 2.72. The van der Waals surface area contributed by atoms with Crippen LogP contribution in [0.5, 0.6) is 0 Å². The number of nitrogens with one attached hydrogen (secondary N) is 1. The van der Waals surface area contributed by atoms with Crippen LogP contribution in [0.1, 0.15) is 11.7 Å². The van der Waals surface area contributed by atoms with Crippen molar-refractivity contribution in [3.05, 3.63) is 27.7 Å². The summed E-state index contributed by atoms with van der Waals surface area (Å²) in [5, 5.41) is 21.9. The molecular formula is C10H14Cl2N2O2. The average molecular weight is 265 g/mol. The molecule has 0 amide bonds. The van der Waals surface area contributed by atoms with E-state index >= 15 is 0 Å². The highest BCUT2D eigenvalue weighted by Crippen LogP contribution is 2.30. The lowest BCUT2D eigenvalue weighted by Crippen LogP contribution is -2.24. The lowest BCUT2D eigenvalue weighted by Gasteiger charge is -2.13. The van der Waals surface area contributed by atoms with E-state index in [0.717, 1.165) is 0 Å². The first-order chi connectivity index (χ1) is 7.56. The summed E-state index contributed by atoms with van der Waals surface area (Å²) in [6.07, 6.45) is -0.734. The minimum Gasteiger partial charge on any atom is -0.396 e. The van der Waals surface area contributed by atoms with Gasteiger partial charge in [-0.2, -0.15) is 0 Å². The molecule has 0 aliphatic rings. The molecule has 0 aliphatic carbocycles. The maximum atomic E-state index is 9.78. The number of aliphatic hydroxyl groups excluding tert-OH is 2. The van der Waals surface area contributed by atoms with Crippen molar-refractivity contribution < 1.29 is 10.2 Å². The highest BCUT2D eigenvalue weighted by atomic mass is 35.5. The van der Waals surface area contributed by atoms with Crippen molar-refractivity contribution in [2.24, 2.45) is 0 Å². The van der Waals surface area contributed by atoms with Crippen LogP contribution in [-0.4, -0.2) is 29.9 Å². The molecule has 0 bridgehead atoms. The van der Waals surface area contributed by atoms with Crippen molar-refractivity contribution in [1.29, 1.82) is 0 Å². The molecule has 0 aromatic heterocycles. The van der Waals surface area contributed by atoms with E-state index in [1.54, 1.807) is 12.1 Å². The highest BCUT2D eigenvalue weighted by molar-refractivity contribution is 6.38. The molecule has 90 valence electrons. The van der Waals surface area contributed by atoms with Gasteiger partial charge in [-0.15, -0.1) is 0 Å². The van der Waals surface area contributed by atoms with E-state index < -0.39 is 6.10 Å². The molecule has 0 fully saturated rings. The Morgan fingerprint density at radius 2 is 1.88 bits per heavy atom. The van der Waals surface area contributed by atoms with Gasteiger partial charge in [0.05, 0.1) is 28.4 Å². The molecule has 0 saturated heterocycles. The molecule has 5 N–H and O–H groups in total. The number of rotatable bonds is 5. The van der Waals surface area contributed by atoms with Gasteiger partial charge in [-0.3, -0.25) is 0 Å². The molecule has 1 rings (SSSR count). The zero-order valence-corrected chi connectivity index (χ0v) is 10.1. The van der Waals surface area contributed by atoms with Crippen molar-refractivity contribution >= 4 is 28.9 Å². The van der Waals surface area contributed by atoms with Crippen LogP contribution < -0.4 is 11.1 Å². The predicted molar refractivity (Wildman–Crippen MR) is 65.8 cm³/mol. The van der Waals surface area contributed by atoms with Gasteiger partial charge in [-0.25, -0.2) is 0 Å². The van der Waals surface area contributed by atoms with Crippen molar-refractivity contribution in [3.8, 4) is 0 Å². The third-order valence-corrected chi connectivity index (χ3v) is 2.74. The third-order valence-electron chi connectivity index (χ3n) is 2.11. The fraction of sp³-hybridized carbons (Fsp3) is 0.400. The van der Waals surface area contributed by atoms with Crippen LogP contribution in [0.25, 0.3) is 0 Å². The molecule has 4 nitrogen and oxygen atoms in total. The topological polar surface area (TPSA) is 78.5 Å². The number of hydrogen-bond donors (Lipinski definition) is 4. The number of hydrogen-bond acceptors (Lipinski definition) is 4. The van der Waals surface area contributed by atoms with E-state index in [9.17, 15) is 5.11 Å². The molecule has 16 heavy (non-hydrogen) atoms. The SMILES string of the molecule is Nc1c(Cl)cc(C(O)CNCCO)cc1Cl. The Kier molecular flexibility index (Phi) is 5.31. The lowest BCUT2D eigenvalue weighted by atomic mass is 10.1. The summed E-state index contributed by atoms with van der Waals surface area (Å²) in [5.41, 5.74) is 6.48. The van der Waals surface area contributed by atoms with Gasteiger partial charge in [0.15, 0.2) is 0 Å². The largest absolute Gasteiger partial charge is 0.396 e. The minimum atomic E-state index is -0.734. The van der Waals surface area contributed by atoms with Crippen LogP contribution in [0.15, 0.2) is 12.1 Å². The second-order valence-corrected chi connectivity index (χ2v) is 4.16. The number of anilines is 1. The number of benzene rings is 1. The summed E-state index contributed by atoms with van der Waals surface area (Å²) in [7, 11) is 0. The van der Waals surface area contributed by atoms with E-state index in [1.807, 2.05) is 0 Å². The van der Waals surface area contributed by atoms with Crippen molar-refractivity contribution in [3.63, 3.8) is 0 Å². The first-order valence-electron chi connectivity index (χ1n) is 4.80. The molecular weight excluding hydrogens is 251 g/mol. The van der Waals surface area contributed by atoms with E-state index in [0.29, 0.717) is 34.4 Å². The minimum absolute atomic E-state index is 0.0238. The fourth-order valence-corrected chi connectivity index (χ4v) is 1.74. The number of nitrogen functional groups attached to an aromatic ring is 1. The van der Waals surface area contributed by atoms with Crippen LogP contribution in [0, 0.1) is 0 Å². The molecule has 1 unspecified atom stereocenters. The summed E-state index contributed by atoms with van der Waals surface area (Å²) in [4.78, 5) is 0. The third kappa shape index (κ3) is 3.50. The van der Waals surface area contributed by atoms with Gasteiger partial charge in [-0.1, -0.05) is 23.2 Å². The molecule has 1 atom stereocenters. The van der Waals surface area contributed by atoms with E-state index in [-0.39, 0.29) is 6.61 Å². The smallest absolute Gasteiger partial charge is 0.0915 e. The van der Waals surface area contributed by atoms with Crippen molar-refractivity contribution in [2.45, 2.75) is 6.10 Å². The molecule has 1 aromatic carbocycles. The maximum absolute atomic E-state index is 9.78. The Morgan fingerprint density at radius 1 is 1.31 bits per heavy atom. The Bertz CT molecular complexity index is 338. The van der Waals surface area contributed by atoms with Gasteiger partial charge >= 0.3 is 0 Å². The van der Waals surface area contributed by atoms with E-state index in [1.165, 1.54) is 0 Å². The molecule has 1 aromatic rings. The van der Waals surface area contributed by atoms with Gasteiger partial charge in [0, 0.05) is 13.1 Å². The van der Waals surface area contributed by atoms with Crippen LogP contribution >= 0.6 is 23.2 Å². The number of halogens is 2. The van der Waals surface area contributed by atoms with Gasteiger partial charge in [0.25, 0.3) is 0 Å². The molecule has 0 heterocycles. The van der Waals surface area contributed by atoms with Crippen LogP contribution in [0.4, 0.5) is 5.69 Å². The van der Waals surface area contributed by atoms with Crippen LogP contribution in [-0.2, 0) is 0 Å². The van der Waals surface area contributed by atoms with Gasteiger partial charge in [-0.05, 0) is 17.7 Å². The monoisotopic (exact) mass is 264 g/mol. The van der Waals surface area contributed by atoms with Crippen LogP contribution in [0.3, 0.4) is 0 Å². The first kappa shape index (κ1) is 13.5. The summed E-state index contributed by atoms with van der Waals surface area (Å²) in [6.45, 7) is 0.764. The molecule has 0 radical (unpaired) electrons. The molecule has 0 saturated carbocycles. The molecule has 6 heteroatoms. The summed E-state index contributed by atoms with van der Waals surface area (Å²) >= 11 is 11.7. The lowest BCUT2D eigenvalue weighted by molar-refractivity contribution is 0.171. The molecule has 0 aliphatic heterocycles. The van der Waals surface area contributed by atoms with Crippen LogP contribution in [0.2, 0.25) is 10.0 Å². The summed E-state index contributed by atoms with van der Waals surface area (Å²) in [5.74, 6) is 0. The van der Waals surface area contributed by atoms with Crippen molar-refractivity contribution in [1.82, 2.24) is 5.32 Å². The Hall–Kier alpha value is -0.520. The van der Waals surface area contributed by atoms with Gasteiger partial charge in [0.1, 0.15) is 0 Å². The van der Waals surface area contributed by atoms with E-state index in [2.05, 4.69) is 5.32 Å². The first-order valence-corrected chi connectivity index (χ1v) is 5.56. The second kappa shape index (κ2) is 6.27. The maximum Gasteiger partial charge on any atom is 0.0915 e. The predicted octanol–water partition coefficient (Wildman–Crippen LogP) is 1.19. The zero-order chi connectivity index (χ0) is 12.1. The van der Waals surface area contributed by atoms with Gasteiger partial charge < -0.3 is 21.3 Å². The summed E-state index contributed by atoms with van der Waals surface area (Å²) < 4.78 is 0. The quantitative estimate of drug-likeness (QED) is 0.476. The standard InChI is InChI=1S/C10H14Cl2N2O2/c11-7-3-6(4-8(12)10(7)13)9(16)5-14-1-2-15/h3-4,9,14-16H,1-2,5,13H2. The Morgan fingerprint density at radius 3 is 2.38 bits per heavy atom. The average Bonchev–Trinajstić information content (AvgIpc) is 2.25. The summed E-state index contributed by atoms with van der Waals surface area (Å²) in [6, 6.07) is 3.15.